The molecule has 0 fully saturated rings. The summed E-state index contributed by atoms with van der Waals surface area (Å²) in [5, 5.41) is 1.09. The van der Waals surface area contributed by atoms with Gasteiger partial charge in [0.15, 0.2) is 0 Å². The first kappa shape index (κ1) is 7.98. The molecule has 2 rings (SSSR count). The Bertz CT molecular complexity index is 420. The van der Waals surface area contributed by atoms with Gasteiger partial charge in [-0.25, -0.2) is 0 Å². The Morgan fingerprint density at radius 1 is 1.46 bits per heavy atom. The number of nitrogens with one attached hydrogen (secondary N) is 1. The fourth-order valence-electron chi connectivity index (χ4n) is 1.42. The zero-order valence-corrected chi connectivity index (χ0v) is 7.50. The maximum atomic E-state index is 5.82. The number of aromatic amines is 1. The Hall–Kier alpha value is -1.64. The van der Waals surface area contributed by atoms with E-state index in [2.05, 4.69) is 4.98 Å². The smallest absolute Gasteiger partial charge is 0.122 e. The molecule has 2 aromatic rings. The van der Waals surface area contributed by atoms with E-state index in [0.29, 0.717) is 6.61 Å². The van der Waals surface area contributed by atoms with Crippen LogP contribution in [0.2, 0.25) is 0 Å². The molecule has 3 heteroatoms. The van der Waals surface area contributed by atoms with Crippen LogP contribution >= 0.6 is 0 Å². The van der Waals surface area contributed by atoms with Crippen molar-refractivity contribution in [1.29, 1.82) is 0 Å². The number of anilines is 1. The lowest BCUT2D eigenvalue weighted by Crippen LogP contribution is -1.93. The number of fused-ring (bicyclic) bond motifs is 1. The molecule has 0 aliphatic heterocycles. The van der Waals surface area contributed by atoms with Gasteiger partial charge in [0.1, 0.15) is 5.75 Å². The maximum Gasteiger partial charge on any atom is 0.122 e. The number of benzene rings is 1. The van der Waals surface area contributed by atoms with Crippen molar-refractivity contribution in [2.75, 3.05) is 12.3 Å². The van der Waals surface area contributed by atoms with Crippen molar-refractivity contribution in [2.45, 2.75) is 6.92 Å². The highest BCUT2D eigenvalue weighted by Crippen LogP contribution is 2.25. The van der Waals surface area contributed by atoms with Crippen molar-refractivity contribution < 1.29 is 4.74 Å². The number of H-pyrrole nitrogens is 1. The predicted octanol–water partition coefficient (Wildman–Crippen LogP) is 2.15. The number of rotatable bonds is 2. The van der Waals surface area contributed by atoms with E-state index in [1.807, 2.05) is 31.3 Å². The third kappa shape index (κ3) is 1.33. The van der Waals surface area contributed by atoms with E-state index >= 15 is 0 Å². The first-order valence-electron chi connectivity index (χ1n) is 4.30. The van der Waals surface area contributed by atoms with Gasteiger partial charge in [-0.3, -0.25) is 0 Å². The largest absolute Gasteiger partial charge is 0.494 e. The highest BCUT2D eigenvalue weighted by molar-refractivity contribution is 5.91. The van der Waals surface area contributed by atoms with Crippen LogP contribution in [-0.2, 0) is 0 Å². The zero-order valence-electron chi connectivity index (χ0n) is 7.50. The molecule has 1 heterocycles. The van der Waals surface area contributed by atoms with Gasteiger partial charge >= 0.3 is 0 Å². The van der Waals surface area contributed by atoms with E-state index in [0.717, 1.165) is 22.3 Å². The lowest BCUT2D eigenvalue weighted by atomic mass is 10.2. The van der Waals surface area contributed by atoms with Crippen molar-refractivity contribution >= 4 is 16.6 Å². The molecular weight excluding hydrogens is 164 g/mol. The van der Waals surface area contributed by atoms with Crippen LogP contribution in [0.5, 0.6) is 5.75 Å². The average Bonchev–Trinajstić information content (AvgIpc) is 2.53. The molecule has 0 bridgehead atoms. The molecule has 0 atom stereocenters. The molecule has 3 nitrogen and oxygen atoms in total. The summed E-state index contributed by atoms with van der Waals surface area (Å²) in [4.78, 5) is 3.08. The van der Waals surface area contributed by atoms with Crippen LogP contribution in [0.3, 0.4) is 0 Å². The second-order valence-electron chi connectivity index (χ2n) is 2.89. The van der Waals surface area contributed by atoms with E-state index in [9.17, 15) is 0 Å². The molecule has 0 radical (unpaired) electrons. The van der Waals surface area contributed by atoms with E-state index < -0.39 is 0 Å². The maximum absolute atomic E-state index is 5.82. The van der Waals surface area contributed by atoms with E-state index in [1.54, 1.807) is 0 Å². The molecule has 0 unspecified atom stereocenters. The van der Waals surface area contributed by atoms with Crippen molar-refractivity contribution in [1.82, 2.24) is 4.98 Å². The summed E-state index contributed by atoms with van der Waals surface area (Å²) >= 11 is 0. The summed E-state index contributed by atoms with van der Waals surface area (Å²) in [6.45, 7) is 2.62. The minimum absolute atomic E-state index is 0.662. The standard InChI is InChI=1S/C10H12N2O/c1-2-13-8-5-7-3-4-12-10(7)9(11)6-8/h3-6,12H,2,11H2,1H3. The number of hydrogen-bond acceptors (Lipinski definition) is 2. The quantitative estimate of drug-likeness (QED) is 0.689. The van der Waals surface area contributed by atoms with Gasteiger partial charge in [0.2, 0.25) is 0 Å². The molecule has 3 N–H and O–H groups in total. The lowest BCUT2D eigenvalue weighted by molar-refractivity contribution is 0.341. The Labute approximate surface area is 76.5 Å². The monoisotopic (exact) mass is 176 g/mol. The van der Waals surface area contributed by atoms with Crippen LogP contribution in [0, 0.1) is 0 Å². The highest BCUT2D eigenvalue weighted by Gasteiger charge is 2.01. The minimum atomic E-state index is 0.662. The molecule has 0 amide bonds. The Morgan fingerprint density at radius 2 is 2.31 bits per heavy atom. The Kier molecular flexibility index (Phi) is 1.85. The molecule has 1 aromatic carbocycles. The zero-order chi connectivity index (χ0) is 9.26. The fraction of sp³-hybridized carbons (Fsp3) is 0.200. The predicted molar refractivity (Wildman–Crippen MR) is 53.9 cm³/mol. The van der Waals surface area contributed by atoms with Gasteiger partial charge in [-0.15, -0.1) is 0 Å². The number of nitrogens with two attached hydrogens (primary N) is 1. The van der Waals surface area contributed by atoms with Crippen LogP contribution in [0.15, 0.2) is 24.4 Å². The van der Waals surface area contributed by atoms with Gasteiger partial charge in [0, 0.05) is 17.6 Å². The summed E-state index contributed by atoms with van der Waals surface area (Å²) in [6, 6.07) is 5.79. The van der Waals surface area contributed by atoms with Gasteiger partial charge in [0.25, 0.3) is 0 Å². The SMILES string of the molecule is CCOc1cc(N)c2[nH]ccc2c1. The third-order valence-corrected chi connectivity index (χ3v) is 1.97. The molecule has 0 saturated heterocycles. The molecule has 13 heavy (non-hydrogen) atoms. The number of ether oxygens (including phenoxy) is 1. The lowest BCUT2D eigenvalue weighted by Gasteiger charge is -2.04. The van der Waals surface area contributed by atoms with Gasteiger partial charge in [-0.05, 0) is 19.1 Å². The summed E-state index contributed by atoms with van der Waals surface area (Å²) in [6.07, 6.45) is 1.87. The van der Waals surface area contributed by atoms with Crippen molar-refractivity contribution in [3.05, 3.63) is 24.4 Å². The molecule has 0 aliphatic carbocycles. The highest BCUT2D eigenvalue weighted by atomic mass is 16.5. The average molecular weight is 176 g/mol. The van der Waals surface area contributed by atoms with Crippen LogP contribution in [0.25, 0.3) is 10.9 Å². The second-order valence-corrected chi connectivity index (χ2v) is 2.89. The molecule has 0 saturated carbocycles. The number of aromatic nitrogens is 1. The summed E-state index contributed by atoms with van der Waals surface area (Å²) < 4.78 is 5.37. The summed E-state index contributed by atoms with van der Waals surface area (Å²) in [7, 11) is 0. The van der Waals surface area contributed by atoms with E-state index in [-0.39, 0.29) is 0 Å². The van der Waals surface area contributed by atoms with Crippen LogP contribution in [0.4, 0.5) is 5.69 Å². The van der Waals surface area contributed by atoms with E-state index in [4.69, 9.17) is 10.5 Å². The molecule has 68 valence electrons. The second kappa shape index (κ2) is 3.01. The minimum Gasteiger partial charge on any atom is -0.494 e. The van der Waals surface area contributed by atoms with Crippen molar-refractivity contribution in [2.24, 2.45) is 0 Å². The summed E-state index contributed by atoms with van der Waals surface area (Å²) in [5.74, 6) is 0.826. The van der Waals surface area contributed by atoms with Crippen LogP contribution in [-0.4, -0.2) is 11.6 Å². The first-order valence-corrected chi connectivity index (χ1v) is 4.30. The first-order chi connectivity index (χ1) is 6.31. The third-order valence-electron chi connectivity index (χ3n) is 1.97. The molecule has 1 aromatic heterocycles. The van der Waals surface area contributed by atoms with Gasteiger partial charge < -0.3 is 15.5 Å². The molecule has 0 aliphatic rings. The normalized spacial score (nSPS) is 10.5. The van der Waals surface area contributed by atoms with Crippen LogP contribution < -0.4 is 10.5 Å². The molecular formula is C10H12N2O. The topological polar surface area (TPSA) is 51.0 Å². The van der Waals surface area contributed by atoms with Gasteiger partial charge in [0.05, 0.1) is 17.8 Å². The Balaban J connectivity index is 2.56. The van der Waals surface area contributed by atoms with Gasteiger partial charge in [-0.1, -0.05) is 0 Å². The van der Waals surface area contributed by atoms with Crippen LogP contribution in [0.1, 0.15) is 6.92 Å². The number of hydrogen-bond donors (Lipinski definition) is 2. The molecule has 0 spiro atoms. The number of nitrogen functional groups attached to an aromatic ring is 1. The Morgan fingerprint density at radius 3 is 3.08 bits per heavy atom. The van der Waals surface area contributed by atoms with E-state index in [1.165, 1.54) is 0 Å². The van der Waals surface area contributed by atoms with Crippen molar-refractivity contribution in [3.63, 3.8) is 0 Å². The summed E-state index contributed by atoms with van der Waals surface area (Å²) in [5.41, 5.74) is 7.52. The van der Waals surface area contributed by atoms with Crippen molar-refractivity contribution in [3.8, 4) is 5.75 Å². The van der Waals surface area contributed by atoms with Gasteiger partial charge in [-0.2, -0.15) is 0 Å². The fourth-order valence-corrected chi connectivity index (χ4v) is 1.42.